The highest BCUT2D eigenvalue weighted by Gasteiger charge is 2.45. The third kappa shape index (κ3) is 6.96. The van der Waals surface area contributed by atoms with Gasteiger partial charge in [-0.1, -0.05) is 66.2 Å². The highest BCUT2D eigenvalue weighted by Crippen LogP contribution is 2.34. The third-order valence-corrected chi connectivity index (χ3v) is 7.56. The highest BCUT2D eigenvalue weighted by atomic mass is 35.5. The number of amides is 2. The van der Waals surface area contributed by atoms with E-state index in [4.69, 9.17) is 21.6 Å². The summed E-state index contributed by atoms with van der Waals surface area (Å²) in [5.41, 5.74) is 4.43. The standard InChI is InChI=1S/C34H29ClFN3O3/c35-29-10-8-25(9-11-29)26-6-7-27-20-34(21-28(27)19-26,33(41)38-17-1-16-37)39-32(40)18-23-4-14-31(15-5-23)42-22-24-2-12-30(36)13-3-24/h2-15,19H,1,17-18,20-22H2,(H,38,41)(H,39,40). The molecule has 4 aromatic rings. The zero-order valence-corrected chi connectivity index (χ0v) is 23.6. The summed E-state index contributed by atoms with van der Waals surface area (Å²) in [6, 6.07) is 28.9. The molecule has 6 nitrogen and oxygen atoms in total. The Hall–Kier alpha value is -4.67. The van der Waals surface area contributed by atoms with Crippen molar-refractivity contribution in [2.24, 2.45) is 0 Å². The maximum absolute atomic E-state index is 13.5. The summed E-state index contributed by atoms with van der Waals surface area (Å²) in [6.45, 7) is 0.503. The molecule has 0 radical (unpaired) electrons. The Morgan fingerprint density at radius 1 is 0.881 bits per heavy atom. The summed E-state index contributed by atoms with van der Waals surface area (Å²) < 4.78 is 18.9. The SMILES string of the molecule is N#CCCNC(=O)C1(NC(=O)Cc2ccc(OCc3ccc(F)cc3)cc2)Cc2ccc(-c3ccc(Cl)cc3)cc2C1. The smallest absolute Gasteiger partial charge is 0.246 e. The monoisotopic (exact) mass is 581 g/mol. The van der Waals surface area contributed by atoms with Gasteiger partial charge in [-0.3, -0.25) is 9.59 Å². The van der Waals surface area contributed by atoms with Gasteiger partial charge < -0.3 is 15.4 Å². The molecular weight excluding hydrogens is 553 g/mol. The molecule has 1 atom stereocenters. The number of hydrogen-bond donors (Lipinski definition) is 2. The fourth-order valence-electron chi connectivity index (χ4n) is 5.15. The molecule has 212 valence electrons. The molecule has 0 spiro atoms. The molecule has 0 heterocycles. The van der Waals surface area contributed by atoms with Crippen molar-refractivity contribution in [3.63, 3.8) is 0 Å². The second kappa shape index (κ2) is 12.9. The Labute approximate surface area is 249 Å². The summed E-state index contributed by atoms with van der Waals surface area (Å²) >= 11 is 6.05. The molecule has 5 rings (SSSR count). The minimum atomic E-state index is -1.16. The number of hydrogen-bond acceptors (Lipinski definition) is 4. The van der Waals surface area contributed by atoms with E-state index in [0.717, 1.165) is 33.4 Å². The summed E-state index contributed by atoms with van der Waals surface area (Å²) in [4.78, 5) is 26.7. The van der Waals surface area contributed by atoms with Crippen LogP contribution in [0.25, 0.3) is 11.1 Å². The first-order valence-electron chi connectivity index (χ1n) is 13.6. The summed E-state index contributed by atoms with van der Waals surface area (Å²) in [5, 5.41) is 15.5. The Morgan fingerprint density at radius 2 is 1.55 bits per heavy atom. The Morgan fingerprint density at radius 3 is 2.26 bits per heavy atom. The molecule has 2 amide bonds. The molecule has 0 bridgehead atoms. The van der Waals surface area contributed by atoms with Crippen LogP contribution in [0.2, 0.25) is 5.02 Å². The quantitative estimate of drug-likeness (QED) is 0.226. The van der Waals surface area contributed by atoms with Gasteiger partial charge in [0.1, 0.15) is 23.7 Å². The summed E-state index contributed by atoms with van der Waals surface area (Å²) in [5.74, 6) is -0.262. The lowest BCUT2D eigenvalue weighted by Crippen LogP contribution is -2.60. The van der Waals surface area contributed by atoms with Crippen molar-refractivity contribution < 1.29 is 18.7 Å². The van der Waals surface area contributed by atoms with Crippen LogP contribution in [0.4, 0.5) is 4.39 Å². The maximum atomic E-state index is 13.5. The van der Waals surface area contributed by atoms with E-state index in [-0.39, 0.29) is 37.0 Å². The normalized spacial score (nSPS) is 15.4. The van der Waals surface area contributed by atoms with E-state index in [1.54, 1.807) is 36.4 Å². The molecule has 1 aliphatic carbocycles. The van der Waals surface area contributed by atoms with Gasteiger partial charge in [0.2, 0.25) is 11.8 Å². The van der Waals surface area contributed by atoms with E-state index < -0.39 is 5.54 Å². The molecule has 1 unspecified atom stereocenters. The summed E-state index contributed by atoms with van der Waals surface area (Å²) in [6.07, 6.45) is 0.949. The molecule has 1 aliphatic rings. The Balaban J connectivity index is 1.27. The van der Waals surface area contributed by atoms with Crippen molar-refractivity contribution in [1.29, 1.82) is 5.26 Å². The van der Waals surface area contributed by atoms with Crippen LogP contribution in [0, 0.1) is 17.1 Å². The van der Waals surface area contributed by atoms with Gasteiger partial charge in [-0.05, 0) is 69.8 Å². The van der Waals surface area contributed by atoms with E-state index in [2.05, 4.69) is 16.7 Å². The first-order chi connectivity index (χ1) is 20.3. The molecule has 0 fully saturated rings. The second-order valence-corrected chi connectivity index (χ2v) is 10.8. The number of benzene rings is 4. The van der Waals surface area contributed by atoms with Crippen LogP contribution >= 0.6 is 11.6 Å². The van der Waals surface area contributed by atoms with Crippen LogP contribution in [-0.2, 0) is 35.5 Å². The van der Waals surface area contributed by atoms with Crippen molar-refractivity contribution in [3.05, 3.63) is 124 Å². The van der Waals surface area contributed by atoms with Gasteiger partial charge in [0.05, 0.1) is 18.9 Å². The first kappa shape index (κ1) is 28.8. The third-order valence-electron chi connectivity index (χ3n) is 7.31. The zero-order valence-electron chi connectivity index (χ0n) is 22.8. The number of carbonyl (C=O) groups is 2. The first-order valence-corrected chi connectivity index (χ1v) is 14.0. The van der Waals surface area contributed by atoms with E-state index in [9.17, 15) is 14.0 Å². The van der Waals surface area contributed by atoms with Crippen molar-refractivity contribution in [2.75, 3.05) is 6.54 Å². The fraction of sp³-hybridized carbons (Fsp3) is 0.206. The number of halogens is 2. The van der Waals surface area contributed by atoms with Gasteiger partial charge in [-0.25, -0.2) is 4.39 Å². The average Bonchev–Trinajstić information content (AvgIpc) is 3.36. The molecule has 0 aromatic heterocycles. The molecule has 0 saturated carbocycles. The van der Waals surface area contributed by atoms with Gasteiger partial charge in [0, 0.05) is 24.4 Å². The number of nitriles is 1. The lowest BCUT2D eigenvalue weighted by atomic mass is 9.93. The molecule has 2 N–H and O–H groups in total. The number of carbonyl (C=O) groups excluding carboxylic acids is 2. The van der Waals surface area contributed by atoms with Crippen molar-refractivity contribution >= 4 is 23.4 Å². The van der Waals surface area contributed by atoms with E-state index in [1.165, 1.54) is 12.1 Å². The number of nitrogens with zero attached hydrogens (tertiary/aromatic N) is 1. The molecule has 8 heteroatoms. The number of ether oxygens (including phenoxy) is 1. The Kier molecular flexibility index (Phi) is 8.85. The minimum absolute atomic E-state index is 0.0812. The predicted octanol–water partition coefficient (Wildman–Crippen LogP) is 5.95. The molecule has 0 saturated heterocycles. The Bertz CT molecular complexity index is 1620. The molecule has 0 aliphatic heterocycles. The lowest BCUT2D eigenvalue weighted by Gasteiger charge is -2.29. The maximum Gasteiger partial charge on any atom is 0.246 e. The molecule has 4 aromatic carbocycles. The van der Waals surface area contributed by atoms with Crippen LogP contribution in [0.5, 0.6) is 5.75 Å². The highest BCUT2D eigenvalue weighted by molar-refractivity contribution is 6.30. The van der Waals surface area contributed by atoms with Gasteiger partial charge in [-0.2, -0.15) is 5.26 Å². The van der Waals surface area contributed by atoms with Crippen LogP contribution < -0.4 is 15.4 Å². The van der Waals surface area contributed by atoms with Crippen molar-refractivity contribution in [1.82, 2.24) is 10.6 Å². The number of nitrogens with one attached hydrogen (secondary N) is 2. The van der Waals surface area contributed by atoms with Gasteiger partial charge in [0.15, 0.2) is 0 Å². The number of rotatable bonds is 10. The number of fused-ring (bicyclic) bond motifs is 1. The van der Waals surface area contributed by atoms with Gasteiger partial charge in [-0.15, -0.1) is 0 Å². The zero-order chi connectivity index (χ0) is 29.5. The summed E-state index contributed by atoms with van der Waals surface area (Å²) in [7, 11) is 0. The largest absolute Gasteiger partial charge is 0.489 e. The lowest BCUT2D eigenvalue weighted by molar-refractivity contribution is -0.133. The topological polar surface area (TPSA) is 91.2 Å². The van der Waals surface area contributed by atoms with Crippen LogP contribution in [-0.4, -0.2) is 23.9 Å². The van der Waals surface area contributed by atoms with E-state index >= 15 is 0 Å². The van der Waals surface area contributed by atoms with Gasteiger partial charge >= 0.3 is 0 Å². The van der Waals surface area contributed by atoms with E-state index in [1.807, 2.05) is 42.5 Å². The van der Waals surface area contributed by atoms with Crippen molar-refractivity contribution in [3.8, 4) is 22.9 Å². The van der Waals surface area contributed by atoms with Gasteiger partial charge in [0.25, 0.3) is 0 Å². The molecule has 42 heavy (non-hydrogen) atoms. The van der Waals surface area contributed by atoms with E-state index in [0.29, 0.717) is 30.2 Å². The van der Waals surface area contributed by atoms with Crippen LogP contribution in [0.1, 0.15) is 28.7 Å². The molecular formula is C34H29ClFN3O3. The minimum Gasteiger partial charge on any atom is -0.489 e. The van der Waals surface area contributed by atoms with Crippen molar-refractivity contribution in [2.45, 2.75) is 37.8 Å². The fourth-order valence-corrected chi connectivity index (χ4v) is 5.28. The average molecular weight is 582 g/mol. The second-order valence-electron chi connectivity index (χ2n) is 10.4. The van der Waals surface area contributed by atoms with Crippen LogP contribution in [0.3, 0.4) is 0 Å². The van der Waals surface area contributed by atoms with Crippen LogP contribution in [0.15, 0.2) is 91.0 Å². The predicted molar refractivity (Wildman–Crippen MR) is 159 cm³/mol.